The molecule has 1 aromatic carbocycles. The first-order valence-electron chi connectivity index (χ1n) is 7.28. The van der Waals surface area contributed by atoms with Crippen molar-refractivity contribution in [2.24, 2.45) is 5.92 Å². The number of benzene rings is 1. The van der Waals surface area contributed by atoms with Gasteiger partial charge in [0.25, 0.3) is 5.91 Å². The van der Waals surface area contributed by atoms with Gasteiger partial charge in [0.05, 0.1) is 5.69 Å². The quantitative estimate of drug-likeness (QED) is 0.852. The Morgan fingerprint density at radius 1 is 1.27 bits per heavy atom. The van der Waals surface area contributed by atoms with Crippen molar-refractivity contribution in [1.82, 2.24) is 15.1 Å². The molecule has 6 nitrogen and oxygen atoms in total. The van der Waals surface area contributed by atoms with Crippen molar-refractivity contribution in [3.05, 3.63) is 48.3 Å². The molecule has 1 aromatic heterocycles. The van der Waals surface area contributed by atoms with E-state index in [0.717, 1.165) is 18.5 Å². The lowest BCUT2D eigenvalue weighted by Crippen LogP contribution is -2.41. The topological polar surface area (TPSA) is 84.2 Å². The van der Waals surface area contributed by atoms with Crippen LogP contribution in [-0.4, -0.2) is 32.8 Å². The van der Waals surface area contributed by atoms with Gasteiger partial charge in [0.1, 0.15) is 6.04 Å². The van der Waals surface area contributed by atoms with E-state index in [-0.39, 0.29) is 5.69 Å². The van der Waals surface area contributed by atoms with E-state index in [1.807, 2.05) is 30.3 Å². The highest BCUT2D eigenvalue weighted by Gasteiger charge is 2.30. The summed E-state index contributed by atoms with van der Waals surface area (Å²) in [7, 11) is 0. The van der Waals surface area contributed by atoms with Gasteiger partial charge in [-0.05, 0) is 30.5 Å². The van der Waals surface area contributed by atoms with Gasteiger partial charge in [-0.1, -0.05) is 31.0 Å². The molecule has 2 N–H and O–H groups in total. The summed E-state index contributed by atoms with van der Waals surface area (Å²) in [5.74, 6) is -1.03. The van der Waals surface area contributed by atoms with E-state index in [1.54, 1.807) is 16.9 Å². The second kappa shape index (κ2) is 6.01. The number of nitrogens with one attached hydrogen (secondary N) is 1. The lowest BCUT2D eigenvalue weighted by atomic mass is 10.1. The molecule has 0 saturated heterocycles. The minimum Gasteiger partial charge on any atom is -0.480 e. The molecule has 1 saturated carbocycles. The number of carboxylic acids is 1. The van der Waals surface area contributed by atoms with Gasteiger partial charge in [-0.25, -0.2) is 9.48 Å². The van der Waals surface area contributed by atoms with Gasteiger partial charge in [0, 0.05) is 6.20 Å². The van der Waals surface area contributed by atoms with Crippen LogP contribution in [0, 0.1) is 5.92 Å². The number of carbonyl (C=O) groups is 2. The van der Waals surface area contributed by atoms with E-state index in [1.165, 1.54) is 0 Å². The van der Waals surface area contributed by atoms with Crippen LogP contribution >= 0.6 is 0 Å². The molecule has 0 aliphatic heterocycles. The van der Waals surface area contributed by atoms with Gasteiger partial charge in [-0.2, -0.15) is 5.10 Å². The van der Waals surface area contributed by atoms with Crippen molar-refractivity contribution in [2.45, 2.75) is 25.3 Å². The first-order chi connectivity index (χ1) is 10.6. The van der Waals surface area contributed by atoms with Gasteiger partial charge in [0.2, 0.25) is 0 Å². The molecule has 1 fully saturated rings. The number of nitrogens with zero attached hydrogens (tertiary/aromatic N) is 2. The van der Waals surface area contributed by atoms with Crippen LogP contribution in [0.2, 0.25) is 0 Å². The molecule has 6 heteroatoms. The van der Waals surface area contributed by atoms with Crippen molar-refractivity contribution in [3.63, 3.8) is 0 Å². The average Bonchev–Trinajstić information content (AvgIpc) is 3.20. The van der Waals surface area contributed by atoms with Crippen molar-refractivity contribution in [3.8, 4) is 5.69 Å². The van der Waals surface area contributed by atoms with E-state index in [4.69, 9.17) is 0 Å². The summed E-state index contributed by atoms with van der Waals surface area (Å²) in [6, 6.07) is 10.2. The standard InChI is InChI=1S/C16H17N3O3/c20-15(17-14(16(21)22)10-11-6-7-11)13-8-9-19(18-13)12-4-2-1-3-5-12/h1-5,8-9,11,14H,6-7,10H2,(H,17,20)(H,21,22). The third kappa shape index (κ3) is 3.33. The zero-order valence-electron chi connectivity index (χ0n) is 12.0. The molecule has 1 unspecified atom stereocenters. The fourth-order valence-electron chi connectivity index (χ4n) is 2.31. The molecule has 1 heterocycles. The third-order valence-corrected chi connectivity index (χ3v) is 3.71. The lowest BCUT2D eigenvalue weighted by Gasteiger charge is -2.12. The molecule has 3 rings (SSSR count). The summed E-state index contributed by atoms with van der Waals surface area (Å²) < 4.78 is 1.59. The number of carbonyl (C=O) groups excluding carboxylic acids is 1. The number of hydrogen-bond acceptors (Lipinski definition) is 3. The largest absolute Gasteiger partial charge is 0.480 e. The Hall–Kier alpha value is -2.63. The molecule has 1 amide bonds. The highest BCUT2D eigenvalue weighted by molar-refractivity contribution is 5.94. The number of hydrogen-bond donors (Lipinski definition) is 2. The van der Waals surface area contributed by atoms with E-state index < -0.39 is 17.9 Å². The minimum absolute atomic E-state index is 0.214. The molecule has 0 bridgehead atoms. The molecule has 1 aliphatic rings. The maximum atomic E-state index is 12.2. The van der Waals surface area contributed by atoms with Gasteiger partial charge in [-0.3, -0.25) is 4.79 Å². The SMILES string of the molecule is O=C(NC(CC1CC1)C(=O)O)c1ccn(-c2ccccc2)n1. The van der Waals surface area contributed by atoms with Crippen LogP contribution in [0.25, 0.3) is 5.69 Å². The Morgan fingerprint density at radius 3 is 2.64 bits per heavy atom. The van der Waals surface area contributed by atoms with Crippen molar-refractivity contribution < 1.29 is 14.7 Å². The van der Waals surface area contributed by atoms with Gasteiger partial charge in [-0.15, -0.1) is 0 Å². The number of rotatable bonds is 6. The summed E-state index contributed by atoms with van der Waals surface area (Å²) in [6.07, 6.45) is 4.26. The van der Waals surface area contributed by atoms with E-state index in [9.17, 15) is 14.7 Å². The Balaban J connectivity index is 1.69. The van der Waals surface area contributed by atoms with E-state index in [0.29, 0.717) is 12.3 Å². The monoisotopic (exact) mass is 299 g/mol. The zero-order valence-corrected chi connectivity index (χ0v) is 12.0. The summed E-state index contributed by atoms with van der Waals surface area (Å²) in [5, 5.41) is 15.9. The second-order valence-corrected chi connectivity index (χ2v) is 5.52. The summed E-state index contributed by atoms with van der Waals surface area (Å²) in [5.41, 5.74) is 1.06. The fourth-order valence-corrected chi connectivity index (χ4v) is 2.31. The van der Waals surface area contributed by atoms with Gasteiger partial charge in [0.15, 0.2) is 5.69 Å². The lowest BCUT2D eigenvalue weighted by molar-refractivity contribution is -0.139. The molecule has 1 atom stereocenters. The smallest absolute Gasteiger partial charge is 0.326 e. The fraction of sp³-hybridized carbons (Fsp3) is 0.312. The molecule has 0 radical (unpaired) electrons. The molecule has 2 aromatic rings. The van der Waals surface area contributed by atoms with Crippen LogP contribution in [0.15, 0.2) is 42.6 Å². The Kier molecular flexibility index (Phi) is 3.91. The highest BCUT2D eigenvalue weighted by Crippen LogP contribution is 2.33. The van der Waals surface area contributed by atoms with Crippen molar-refractivity contribution in [2.75, 3.05) is 0 Å². The summed E-state index contributed by atoms with van der Waals surface area (Å²) in [6.45, 7) is 0. The van der Waals surface area contributed by atoms with E-state index in [2.05, 4.69) is 10.4 Å². The van der Waals surface area contributed by atoms with Crippen LogP contribution in [-0.2, 0) is 4.79 Å². The number of carboxylic acid groups (broad SMARTS) is 1. The molecular weight excluding hydrogens is 282 g/mol. The Morgan fingerprint density at radius 2 is 2.00 bits per heavy atom. The van der Waals surface area contributed by atoms with Gasteiger partial charge < -0.3 is 10.4 Å². The average molecular weight is 299 g/mol. The van der Waals surface area contributed by atoms with Crippen LogP contribution in [0.1, 0.15) is 29.8 Å². The number of amides is 1. The van der Waals surface area contributed by atoms with Crippen molar-refractivity contribution >= 4 is 11.9 Å². The van der Waals surface area contributed by atoms with Crippen LogP contribution in [0.4, 0.5) is 0 Å². The molecule has 0 spiro atoms. The minimum atomic E-state index is -0.997. The number of aliphatic carboxylic acids is 1. The van der Waals surface area contributed by atoms with Crippen molar-refractivity contribution in [1.29, 1.82) is 0 Å². The molecule has 114 valence electrons. The molecule has 1 aliphatic carbocycles. The predicted molar refractivity (Wildman–Crippen MR) is 79.8 cm³/mol. The Bertz CT molecular complexity index is 677. The molecule has 22 heavy (non-hydrogen) atoms. The Labute approximate surface area is 127 Å². The van der Waals surface area contributed by atoms with Gasteiger partial charge >= 0.3 is 5.97 Å². The first-order valence-corrected chi connectivity index (χ1v) is 7.28. The summed E-state index contributed by atoms with van der Waals surface area (Å²) in [4.78, 5) is 23.4. The number of aromatic nitrogens is 2. The van der Waals surface area contributed by atoms with E-state index >= 15 is 0 Å². The highest BCUT2D eigenvalue weighted by atomic mass is 16.4. The molecular formula is C16H17N3O3. The second-order valence-electron chi connectivity index (χ2n) is 5.52. The number of para-hydroxylation sites is 1. The van der Waals surface area contributed by atoms with Crippen LogP contribution < -0.4 is 5.32 Å². The van der Waals surface area contributed by atoms with Crippen LogP contribution in [0.5, 0.6) is 0 Å². The maximum absolute atomic E-state index is 12.2. The maximum Gasteiger partial charge on any atom is 0.326 e. The normalized spacial score (nSPS) is 15.3. The van der Waals surface area contributed by atoms with Crippen LogP contribution in [0.3, 0.4) is 0 Å². The first kappa shape index (κ1) is 14.3. The third-order valence-electron chi connectivity index (χ3n) is 3.71. The zero-order chi connectivity index (χ0) is 15.5. The summed E-state index contributed by atoms with van der Waals surface area (Å²) >= 11 is 0. The predicted octanol–water partition coefficient (Wildman–Crippen LogP) is 1.86.